The molecule has 0 saturated carbocycles. The van der Waals surface area contributed by atoms with Crippen molar-refractivity contribution in [2.24, 2.45) is 5.11 Å². The molecule has 0 bridgehead atoms. The molecule has 0 fully saturated rings. The van der Waals surface area contributed by atoms with E-state index in [1.165, 1.54) is 0 Å². The first-order valence-corrected chi connectivity index (χ1v) is 4.87. The fourth-order valence-corrected chi connectivity index (χ4v) is 1.95. The van der Waals surface area contributed by atoms with Crippen molar-refractivity contribution in [3.8, 4) is 0 Å². The molecule has 1 atom stereocenters. The predicted molar refractivity (Wildman–Crippen MR) is 54.1 cm³/mol. The van der Waals surface area contributed by atoms with Gasteiger partial charge in [0.1, 0.15) is 0 Å². The summed E-state index contributed by atoms with van der Waals surface area (Å²) in [4.78, 5) is 7.08. The number of fused-ring (bicyclic) bond motifs is 1. The SMILES string of the molecule is [N-]=[N+]=NC1CCCc2ncc(Cl)cc21. The van der Waals surface area contributed by atoms with Gasteiger partial charge < -0.3 is 0 Å². The van der Waals surface area contributed by atoms with Crippen LogP contribution >= 0.6 is 11.6 Å². The summed E-state index contributed by atoms with van der Waals surface area (Å²) in [5.41, 5.74) is 10.4. The van der Waals surface area contributed by atoms with Gasteiger partial charge in [0.2, 0.25) is 0 Å². The van der Waals surface area contributed by atoms with Crippen LogP contribution in [0.15, 0.2) is 17.4 Å². The smallest absolute Gasteiger partial charge is 0.0643 e. The van der Waals surface area contributed by atoms with E-state index in [-0.39, 0.29) is 6.04 Å². The van der Waals surface area contributed by atoms with Crippen molar-refractivity contribution < 1.29 is 0 Å². The van der Waals surface area contributed by atoms with E-state index < -0.39 is 0 Å². The standard InChI is InChI=1S/C9H9ClN4/c10-6-4-7-8(12-5-6)2-1-3-9(7)13-14-11/h4-5,9H,1-3H2. The molecule has 1 heterocycles. The zero-order valence-corrected chi connectivity index (χ0v) is 8.28. The summed E-state index contributed by atoms with van der Waals surface area (Å²) in [6.45, 7) is 0. The summed E-state index contributed by atoms with van der Waals surface area (Å²) in [5.74, 6) is 0. The number of aromatic nitrogens is 1. The van der Waals surface area contributed by atoms with Gasteiger partial charge >= 0.3 is 0 Å². The molecule has 1 unspecified atom stereocenters. The summed E-state index contributed by atoms with van der Waals surface area (Å²) >= 11 is 5.84. The van der Waals surface area contributed by atoms with E-state index in [2.05, 4.69) is 15.0 Å². The Balaban J connectivity index is 2.46. The number of pyridine rings is 1. The highest BCUT2D eigenvalue weighted by Crippen LogP contribution is 2.32. The molecule has 1 aromatic heterocycles. The third-order valence-electron chi connectivity index (χ3n) is 2.41. The Morgan fingerprint density at radius 2 is 2.50 bits per heavy atom. The highest BCUT2D eigenvalue weighted by Gasteiger charge is 2.20. The quantitative estimate of drug-likeness (QED) is 0.396. The van der Waals surface area contributed by atoms with Gasteiger partial charge in [-0.15, -0.1) is 0 Å². The van der Waals surface area contributed by atoms with Crippen LogP contribution in [0.2, 0.25) is 5.02 Å². The van der Waals surface area contributed by atoms with Gasteiger partial charge in [-0.05, 0) is 36.4 Å². The van der Waals surface area contributed by atoms with Gasteiger partial charge in [-0.3, -0.25) is 4.98 Å². The van der Waals surface area contributed by atoms with Gasteiger partial charge in [-0.2, -0.15) is 0 Å². The van der Waals surface area contributed by atoms with Crippen molar-refractivity contribution in [1.29, 1.82) is 0 Å². The van der Waals surface area contributed by atoms with E-state index in [4.69, 9.17) is 17.1 Å². The molecule has 1 aliphatic carbocycles. The molecule has 0 amide bonds. The van der Waals surface area contributed by atoms with E-state index in [1.54, 1.807) is 6.20 Å². The molecule has 0 saturated heterocycles. The van der Waals surface area contributed by atoms with Crippen LogP contribution in [0.4, 0.5) is 0 Å². The van der Waals surface area contributed by atoms with Crippen molar-refractivity contribution in [2.45, 2.75) is 25.3 Å². The zero-order valence-electron chi connectivity index (χ0n) is 7.52. The molecule has 2 rings (SSSR count). The van der Waals surface area contributed by atoms with Crippen molar-refractivity contribution in [2.75, 3.05) is 0 Å². The van der Waals surface area contributed by atoms with Crippen molar-refractivity contribution in [3.05, 3.63) is 39.0 Å². The Bertz CT molecular complexity index is 398. The van der Waals surface area contributed by atoms with Crippen molar-refractivity contribution in [3.63, 3.8) is 0 Å². The number of rotatable bonds is 1. The van der Waals surface area contributed by atoms with Crippen molar-refractivity contribution >= 4 is 11.6 Å². The van der Waals surface area contributed by atoms with Crippen LogP contribution in [-0.2, 0) is 6.42 Å². The number of hydrogen-bond acceptors (Lipinski definition) is 2. The molecule has 0 spiro atoms. The zero-order chi connectivity index (χ0) is 9.97. The van der Waals surface area contributed by atoms with Crippen LogP contribution in [0.3, 0.4) is 0 Å². The monoisotopic (exact) mass is 208 g/mol. The molecule has 1 aliphatic rings. The summed E-state index contributed by atoms with van der Waals surface area (Å²) in [6, 6.07) is 1.76. The maximum atomic E-state index is 8.42. The Morgan fingerprint density at radius 3 is 3.29 bits per heavy atom. The van der Waals surface area contributed by atoms with Crippen molar-refractivity contribution in [1.82, 2.24) is 4.98 Å². The molecule has 72 valence electrons. The number of aryl methyl sites for hydroxylation is 1. The molecule has 0 aromatic carbocycles. The van der Waals surface area contributed by atoms with Gasteiger partial charge in [-0.1, -0.05) is 16.7 Å². The lowest BCUT2D eigenvalue weighted by Crippen LogP contribution is -2.09. The summed E-state index contributed by atoms with van der Waals surface area (Å²) in [6.07, 6.45) is 4.49. The van der Waals surface area contributed by atoms with Crippen LogP contribution in [0.1, 0.15) is 30.1 Å². The van der Waals surface area contributed by atoms with Gasteiger partial charge in [0.25, 0.3) is 0 Å². The van der Waals surface area contributed by atoms with Crippen LogP contribution in [0.5, 0.6) is 0 Å². The minimum atomic E-state index is -0.0880. The van der Waals surface area contributed by atoms with Gasteiger partial charge in [-0.25, -0.2) is 0 Å². The van der Waals surface area contributed by atoms with Gasteiger partial charge in [0, 0.05) is 16.8 Å². The first kappa shape index (κ1) is 9.31. The number of azide groups is 1. The largest absolute Gasteiger partial charge is 0.259 e. The second-order valence-electron chi connectivity index (χ2n) is 3.30. The number of nitrogens with zero attached hydrogens (tertiary/aromatic N) is 4. The van der Waals surface area contributed by atoms with E-state index in [0.717, 1.165) is 30.5 Å². The summed E-state index contributed by atoms with van der Waals surface area (Å²) < 4.78 is 0. The van der Waals surface area contributed by atoms with E-state index in [0.29, 0.717) is 5.02 Å². The van der Waals surface area contributed by atoms with Crippen LogP contribution in [0, 0.1) is 0 Å². The molecule has 0 aliphatic heterocycles. The molecular formula is C9H9ClN4. The number of halogens is 1. The third kappa shape index (κ3) is 1.67. The van der Waals surface area contributed by atoms with Crippen LogP contribution in [-0.4, -0.2) is 4.98 Å². The average molecular weight is 209 g/mol. The van der Waals surface area contributed by atoms with E-state index >= 15 is 0 Å². The highest BCUT2D eigenvalue weighted by molar-refractivity contribution is 6.30. The molecule has 4 nitrogen and oxygen atoms in total. The molecule has 0 radical (unpaired) electrons. The lowest BCUT2D eigenvalue weighted by Gasteiger charge is -2.20. The first-order valence-electron chi connectivity index (χ1n) is 4.50. The molecule has 0 N–H and O–H groups in total. The average Bonchev–Trinajstić information content (AvgIpc) is 2.19. The minimum absolute atomic E-state index is 0.0880. The molecule has 14 heavy (non-hydrogen) atoms. The first-order chi connectivity index (χ1) is 6.81. The normalized spacial score (nSPS) is 19.6. The number of hydrogen-bond donors (Lipinski definition) is 0. The van der Waals surface area contributed by atoms with E-state index in [1.807, 2.05) is 6.07 Å². The maximum Gasteiger partial charge on any atom is 0.0643 e. The minimum Gasteiger partial charge on any atom is -0.259 e. The summed E-state index contributed by atoms with van der Waals surface area (Å²) in [7, 11) is 0. The van der Waals surface area contributed by atoms with E-state index in [9.17, 15) is 0 Å². The third-order valence-corrected chi connectivity index (χ3v) is 2.62. The molecular weight excluding hydrogens is 200 g/mol. The topological polar surface area (TPSA) is 61.7 Å². The van der Waals surface area contributed by atoms with Crippen LogP contribution in [0.25, 0.3) is 10.4 Å². The Hall–Kier alpha value is -1.25. The lowest BCUT2D eigenvalue weighted by molar-refractivity contribution is 0.558. The molecule has 5 heteroatoms. The second kappa shape index (κ2) is 3.86. The maximum absolute atomic E-state index is 8.42. The van der Waals surface area contributed by atoms with Gasteiger partial charge in [0.15, 0.2) is 0 Å². The highest BCUT2D eigenvalue weighted by atomic mass is 35.5. The summed E-state index contributed by atoms with van der Waals surface area (Å²) in [5, 5.41) is 4.35. The van der Waals surface area contributed by atoms with Crippen LogP contribution < -0.4 is 0 Å². The Morgan fingerprint density at radius 1 is 1.64 bits per heavy atom. The Kier molecular flexibility index (Phi) is 2.57. The lowest BCUT2D eigenvalue weighted by atomic mass is 9.92. The fourth-order valence-electron chi connectivity index (χ4n) is 1.78. The molecule has 1 aromatic rings. The Labute approximate surface area is 86.5 Å². The van der Waals surface area contributed by atoms with Gasteiger partial charge in [0.05, 0.1) is 11.1 Å². The second-order valence-corrected chi connectivity index (χ2v) is 3.74. The predicted octanol–water partition coefficient (Wildman–Crippen LogP) is 3.42. The fraction of sp³-hybridized carbons (Fsp3) is 0.444.